The molecule has 180 valence electrons. The van der Waals surface area contributed by atoms with Gasteiger partial charge in [-0.05, 0) is 40.9 Å². The highest BCUT2D eigenvalue weighted by atomic mass is 32.1. The molecular formula is C27H32NO4S2+. The van der Waals surface area contributed by atoms with Gasteiger partial charge in [0, 0.05) is 25.2 Å². The van der Waals surface area contributed by atoms with Gasteiger partial charge in [0.2, 0.25) is 5.60 Å². The molecule has 34 heavy (non-hydrogen) atoms. The molecule has 1 N–H and O–H groups in total. The molecule has 5 heterocycles. The number of ether oxygens (including phenoxy) is 2. The number of hydrogen-bond donors (Lipinski definition) is 1. The van der Waals surface area contributed by atoms with Crippen molar-refractivity contribution in [3.8, 4) is 5.75 Å². The van der Waals surface area contributed by atoms with Crippen LogP contribution in [0.15, 0.2) is 65.4 Å². The lowest BCUT2D eigenvalue weighted by atomic mass is 9.77. The number of piperidine rings is 3. The van der Waals surface area contributed by atoms with E-state index in [-0.39, 0.29) is 0 Å². The Bertz CT molecular complexity index is 1010. The summed E-state index contributed by atoms with van der Waals surface area (Å²) in [4.78, 5) is 14.5. The summed E-state index contributed by atoms with van der Waals surface area (Å²) >= 11 is 2.76. The van der Waals surface area contributed by atoms with Gasteiger partial charge in [0.15, 0.2) is 0 Å². The fraction of sp³-hybridized carbons (Fsp3) is 0.444. The van der Waals surface area contributed by atoms with Crippen LogP contribution in [-0.2, 0) is 15.1 Å². The van der Waals surface area contributed by atoms with E-state index in [9.17, 15) is 9.90 Å². The van der Waals surface area contributed by atoms with Crippen LogP contribution in [0.1, 0.15) is 29.0 Å². The first kappa shape index (κ1) is 23.5. The number of carbonyl (C=O) groups is 1. The highest BCUT2D eigenvalue weighted by molar-refractivity contribution is 7.12. The third-order valence-corrected chi connectivity index (χ3v) is 9.46. The van der Waals surface area contributed by atoms with Gasteiger partial charge >= 0.3 is 5.97 Å². The fourth-order valence-corrected chi connectivity index (χ4v) is 7.34. The number of fused-ring (bicyclic) bond motifs is 3. The summed E-state index contributed by atoms with van der Waals surface area (Å²) in [6, 6.07) is 17.3. The van der Waals surface area contributed by atoms with Crippen LogP contribution in [0.4, 0.5) is 0 Å². The SMILES string of the molecule is O=C(OCC1C[N+]2(CCCOc3ccccc3)CCC1CC2)C(O)(c1cccs1)c1cccs1. The van der Waals surface area contributed by atoms with Crippen LogP contribution in [0.25, 0.3) is 0 Å². The van der Waals surface area contributed by atoms with Gasteiger partial charge in [-0.15, -0.1) is 22.7 Å². The molecule has 3 aliphatic heterocycles. The van der Waals surface area contributed by atoms with E-state index >= 15 is 0 Å². The highest BCUT2D eigenvalue weighted by Crippen LogP contribution is 2.40. The highest BCUT2D eigenvalue weighted by Gasteiger charge is 2.48. The standard InChI is InChI=1S/C27H32NO4S2/c29-26(27(30,24-9-4-17-33-24)25-10-5-18-34-25)32-20-22-19-28(14-11-21(22)12-15-28)13-6-16-31-23-7-2-1-3-8-23/h1-5,7-10,17-18,21-22,30H,6,11-16,19-20H2/q+1. The third kappa shape index (κ3) is 4.80. The van der Waals surface area contributed by atoms with Crippen LogP contribution in [0.5, 0.6) is 5.75 Å². The van der Waals surface area contributed by atoms with E-state index in [1.165, 1.54) is 48.6 Å². The quantitative estimate of drug-likeness (QED) is 0.245. The Morgan fingerprint density at radius 2 is 1.68 bits per heavy atom. The van der Waals surface area contributed by atoms with Gasteiger partial charge < -0.3 is 19.1 Å². The van der Waals surface area contributed by atoms with E-state index in [0.717, 1.165) is 36.3 Å². The molecule has 2 bridgehead atoms. The van der Waals surface area contributed by atoms with E-state index in [4.69, 9.17) is 9.47 Å². The molecule has 0 aliphatic carbocycles. The van der Waals surface area contributed by atoms with Gasteiger partial charge in [0.05, 0.1) is 49.1 Å². The van der Waals surface area contributed by atoms with Crippen molar-refractivity contribution in [2.75, 3.05) is 39.4 Å². The summed E-state index contributed by atoms with van der Waals surface area (Å²) in [5.74, 6) is 1.31. The van der Waals surface area contributed by atoms with E-state index in [1.54, 1.807) is 12.1 Å². The zero-order chi connectivity index (χ0) is 23.4. The Morgan fingerprint density at radius 1 is 1.00 bits per heavy atom. The largest absolute Gasteiger partial charge is 0.493 e. The summed E-state index contributed by atoms with van der Waals surface area (Å²) in [6.07, 6.45) is 3.38. The number of quaternary nitrogens is 1. The van der Waals surface area contributed by atoms with Crippen molar-refractivity contribution in [1.29, 1.82) is 0 Å². The number of para-hydroxylation sites is 1. The molecule has 1 unspecified atom stereocenters. The molecule has 0 amide bonds. The maximum atomic E-state index is 13.3. The monoisotopic (exact) mass is 498 g/mol. The predicted octanol–water partition coefficient (Wildman–Crippen LogP) is 4.91. The minimum Gasteiger partial charge on any atom is -0.493 e. The molecule has 3 aliphatic rings. The molecule has 6 rings (SSSR count). The molecule has 2 aromatic heterocycles. The number of thiophene rings is 2. The normalized spacial score (nSPS) is 24.1. The third-order valence-electron chi connectivity index (χ3n) is 7.51. The average Bonchev–Trinajstić information content (AvgIpc) is 3.61. The number of hydrogen-bond acceptors (Lipinski definition) is 6. The van der Waals surface area contributed by atoms with Gasteiger partial charge in [0.1, 0.15) is 5.75 Å². The second kappa shape index (κ2) is 10.2. The maximum absolute atomic E-state index is 13.3. The molecule has 0 radical (unpaired) electrons. The lowest BCUT2D eigenvalue weighted by Gasteiger charge is -2.52. The molecule has 0 spiro atoms. The summed E-state index contributed by atoms with van der Waals surface area (Å²) in [5, 5.41) is 15.2. The van der Waals surface area contributed by atoms with Gasteiger partial charge in [-0.25, -0.2) is 4.79 Å². The smallest absolute Gasteiger partial charge is 0.349 e. The number of benzene rings is 1. The predicted molar refractivity (Wildman–Crippen MR) is 135 cm³/mol. The number of aliphatic hydroxyl groups is 1. The lowest BCUT2D eigenvalue weighted by Crippen LogP contribution is -2.63. The first-order valence-electron chi connectivity index (χ1n) is 12.1. The molecule has 5 nitrogen and oxygen atoms in total. The van der Waals surface area contributed by atoms with Crippen molar-refractivity contribution in [3.63, 3.8) is 0 Å². The van der Waals surface area contributed by atoms with Crippen molar-refractivity contribution in [2.24, 2.45) is 11.8 Å². The first-order chi connectivity index (χ1) is 16.6. The minimum atomic E-state index is -1.72. The summed E-state index contributed by atoms with van der Waals surface area (Å²) < 4.78 is 12.9. The molecule has 0 saturated carbocycles. The van der Waals surface area contributed by atoms with Crippen molar-refractivity contribution in [1.82, 2.24) is 0 Å². The second-order valence-electron chi connectivity index (χ2n) is 9.57. The van der Waals surface area contributed by atoms with Crippen LogP contribution in [0.3, 0.4) is 0 Å². The average molecular weight is 499 g/mol. The zero-order valence-electron chi connectivity index (χ0n) is 19.3. The summed E-state index contributed by atoms with van der Waals surface area (Å²) in [7, 11) is 0. The summed E-state index contributed by atoms with van der Waals surface area (Å²) in [6.45, 7) is 5.65. The number of rotatable bonds is 10. The van der Waals surface area contributed by atoms with Gasteiger partial charge in [-0.3, -0.25) is 0 Å². The zero-order valence-corrected chi connectivity index (χ0v) is 20.9. The Kier molecular flexibility index (Phi) is 7.06. The van der Waals surface area contributed by atoms with E-state index < -0.39 is 11.6 Å². The van der Waals surface area contributed by atoms with Crippen molar-refractivity contribution < 1.29 is 23.9 Å². The molecule has 3 aromatic rings. The fourth-order valence-electron chi connectivity index (χ4n) is 5.63. The second-order valence-corrected chi connectivity index (χ2v) is 11.5. The number of nitrogens with zero attached hydrogens (tertiary/aromatic N) is 1. The first-order valence-corrected chi connectivity index (χ1v) is 13.9. The molecular weight excluding hydrogens is 466 g/mol. The van der Waals surface area contributed by atoms with E-state index in [2.05, 4.69) is 0 Å². The Hall–Kier alpha value is -2.19. The molecule has 7 heteroatoms. The lowest BCUT2D eigenvalue weighted by molar-refractivity contribution is -0.947. The number of carbonyl (C=O) groups excluding carboxylic acids is 1. The topological polar surface area (TPSA) is 55.8 Å². The van der Waals surface area contributed by atoms with E-state index in [1.807, 2.05) is 53.2 Å². The van der Waals surface area contributed by atoms with Gasteiger partial charge in [-0.1, -0.05) is 30.3 Å². The van der Waals surface area contributed by atoms with Gasteiger partial charge in [0.25, 0.3) is 0 Å². The van der Waals surface area contributed by atoms with Crippen LogP contribution < -0.4 is 4.74 Å². The minimum absolute atomic E-state index is 0.345. The molecule has 3 fully saturated rings. The van der Waals surface area contributed by atoms with Crippen LogP contribution in [-0.4, -0.2) is 55.0 Å². The molecule has 1 aromatic carbocycles. The van der Waals surface area contributed by atoms with Crippen molar-refractivity contribution in [2.45, 2.75) is 24.9 Å². The Balaban J connectivity index is 1.18. The molecule has 1 atom stereocenters. The van der Waals surface area contributed by atoms with Gasteiger partial charge in [-0.2, -0.15) is 0 Å². The van der Waals surface area contributed by atoms with Crippen molar-refractivity contribution >= 4 is 28.6 Å². The van der Waals surface area contributed by atoms with Crippen molar-refractivity contribution in [3.05, 3.63) is 75.1 Å². The molecule has 3 saturated heterocycles. The van der Waals surface area contributed by atoms with E-state index in [0.29, 0.717) is 28.2 Å². The van der Waals surface area contributed by atoms with Crippen LogP contribution in [0.2, 0.25) is 0 Å². The Labute approximate surface area is 209 Å². The maximum Gasteiger partial charge on any atom is 0.349 e. The van der Waals surface area contributed by atoms with Crippen LogP contribution in [0, 0.1) is 11.8 Å². The summed E-state index contributed by atoms with van der Waals surface area (Å²) in [5.41, 5.74) is -1.72. The Morgan fingerprint density at radius 3 is 2.29 bits per heavy atom. The number of esters is 1. The van der Waals surface area contributed by atoms with Crippen LogP contribution >= 0.6 is 22.7 Å².